The van der Waals surface area contributed by atoms with Gasteiger partial charge in [0.15, 0.2) is 0 Å². The highest BCUT2D eigenvalue weighted by Crippen LogP contribution is 2.15. The van der Waals surface area contributed by atoms with Crippen molar-refractivity contribution < 1.29 is 9.84 Å². The molecule has 60 valence electrons. The quantitative estimate of drug-likeness (QED) is 0.579. The second-order valence-corrected chi connectivity index (χ2v) is 2.86. The lowest BCUT2D eigenvalue weighted by Gasteiger charge is -2.20. The van der Waals surface area contributed by atoms with Crippen molar-refractivity contribution in [2.45, 2.75) is 18.6 Å². The third-order valence-electron chi connectivity index (χ3n) is 2.13. The standard InChI is InChI=1S/C7H15NO2/c1-8-4-3-7(9)6(8)5-10-2/h6-7,9H,3-5H2,1-2H3. The molecule has 0 amide bonds. The molecule has 2 unspecified atom stereocenters. The Balaban J connectivity index is 2.38. The first kappa shape index (κ1) is 7.98. The number of hydrogen-bond acceptors (Lipinski definition) is 3. The van der Waals surface area contributed by atoms with Crippen molar-refractivity contribution in [2.24, 2.45) is 0 Å². The molecule has 1 fully saturated rings. The molecule has 0 aromatic carbocycles. The Kier molecular flexibility index (Phi) is 2.65. The molecule has 2 atom stereocenters. The van der Waals surface area contributed by atoms with Crippen LogP contribution in [0.25, 0.3) is 0 Å². The zero-order chi connectivity index (χ0) is 7.56. The van der Waals surface area contributed by atoms with E-state index in [2.05, 4.69) is 4.90 Å². The number of likely N-dealkylation sites (tertiary alicyclic amines) is 1. The molecule has 0 aromatic rings. The first-order chi connectivity index (χ1) is 4.75. The van der Waals surface area contributed by atoms with E-state index < -0.39 is 0 Å². The van der Waals surface area contributed by atoms with E-state index in [0.29, 0.717) is 6.61 Å². The average molecular weight is 145 g/mol. The number of aliphatic hydroxyl groups excluding tert-OH is 1. The maximum absolute atomic E-state index is 9.37. The van der Waals surface area contributed by atoms with E-state index in [4.69, 9.17) is 4.74 Å². The van der Waals surface area contributed by atoms with Crippen molar-refractivity contribution >= 4 is 0 Å². The van der Waals surface area contributed by atoms with Gasteiger partial charge in [0, 0.05) is 13.7 Å². The smallest absolute Gasteiger partial charge is 0.0729 e. The fourth-order valence-corrected chi connectivity index (χ4v) is 1.40. The van der Waals surface area contributed by atoms with E-state index in [1.165, 1.54) is 0 Å². The summed E-state index contributed by atoms with van der Waals surface area (Å²) in [5.41, 5.74) is 0. The lowest BCUT2D eigenvalue weighted by Crippen LogP contribution is -2.36. The summed E-state index contributed by atoms with van der Waals surface area (Å²) in [6, 6.07) is 0.213. The van der Waals surface area contributed by atoms with Crippen LogP contribution in [0, 0.1) is 0 Å². The second-order valence-electron chi connectivity index (χ2n) is 2.86. The largest absolute Gasteiger partial charge is 0.391 e. The number of likely N-dealkylation sites (N-methyl/N-ethyl adjacent to an activating group) is 1. The zero-order valence-corrected chi connectivity index (χ0v) is 6.58. The summed E-state index contributed by atoms with van der Waals surface area (Å²) in [6.45, 7) is 1.62. The highest BCUT2D eigenvalue weighted by atomic mass is 16.5. The molecule has 0 spiro atoms. The SMILES string of the molecule is COCC1C(O)CCN1C. The van der Waals surface area contributed by atoms with Crippen LogP contribution in [0.15, 0.2) is 0 Å². The molecule has 1 saturated heterocycles. The minimum Gasteiger partial charge on any atom is -0.391 e. The average Bonchev–Trinajstić information content (AvgIpc) is 2.20. The molecule has 1 aliphatic rings. The second kappa shape index (κ2) is 3.32. The van der Waals surface area contributed by atoms with Gasteiger partial charge in [0.1, 0.15) is 0 Å². The van der Waals surface area contributed by atoms with Gasteiger partial charge in [0.25, 0.3) is 0 Å². The van der Waals surface area contributed by atoms with E-state index in [1.807, 2.05) is 7.05 Å². The van der Waals surface area contributed by atoms with Crippen LogP contribution in [0.5, 0.6) is 0 Å². The Morgan fingerprint density at radius 2 is 2.40 bits per heavy atom. The van der Waals surface area contributed by atoms with E-state index >= 15 is 0 Å². The molecule has 0 aromatic heterocycles. The van der Waals surface area contributed by atoms with E-state index in [0.717, 1.165) is 13.0 Å². The van der Waals surface area contributed by atoms with Crippen molar-refractivity contribution in [3.05, 3.63) is 0 Å². The summed E-state index contributed by atoms with van der Waals surface area (Å²) in [6.07, 6.45) is 0.690. The van der Waals surface area contributed by atoms with Gasteiger partial charge in [-0.2, -0.15) is 0 Å². The van der Waals surface area contributed by atoms with Crippen molar-refractivity contribution in [3.63, 3.8) is 0 Å². The van der Waals surface area contributed by atoms with Gasteiger partial charge in [0.05, 0.1) is 18.8 Å². The molecule has 10 heavy (non-hydrogen) atoms. The summed E-state index contributed by atoms with van der Waals surface area (Å²) in [5, 5.41) is 9.37. The summed E-state index contributed by atoms with van der Waals surface area (Å²) >= 11 is 0. The monoisotopic (exact) mass is 145 g/mol. The fraction of sp³-hybridized carbons (Fsp3) is 1.00. The predicted molar refractivity (Wildman–Crippen MR) is 38.9 cm³/mol. The maximum atomic E-state index is 9.37. The van der Waals surface area contributed by atoms with E-state index in [9.17, 15) is 5.11 Å². The molecule has 1 heterocycles. The van der Waals surface area contributed by atoms with Crippen LogP contribution < -0.4 is 0 Å². The molecule has 1 N–H and O–H groups in total. The Morgan fingerprint density at radius 3 is 2.80 bits per heavy atom. The van der Waals surface area contributed by atoms with Crippen LogP contribution >= 0.6 is 0 Å². The molecule has 3 heteroatoms. The molecule has 1 rings (SSSR count). The Bertz CT molecular complexity index is 97.8. The molecule has 1 aliphatic heterocycles. The van der Waals surface area contributed by atoms with Crippen LogP contribution in [0.1, 0.15) is 6.42 Å². The third-order valence-corrected chi connectivity index (χ3v) is 2.13. The molecule has 3 nitrogen and oxygen atoms in total. The van der Waals surface area contributed by atoms with Crippen molar-refractivity contribution in [1.29, 1.82) is 0 Å². The molecule has 0 radical (unpaired) electrons. The highest BCUT2D eigenvalue weighted by molar-refractivity contribution is 4.84. The molecule has 0 bridgehead atoms. The van der Waals surface area contributed by atoms with E-state index in [-0.39, 0.29) is 12.1 Å². The molecular formula is C7H15NO2. The number of nitrogens with zero attached hydrogens (tertiary/aromatic N) is 1. The van der Waals surface area contributed by atoms with Crippen LogP contribution in [-0.4, -0.2) is 49.5 Å². The third kappa shape index (κ3) is 1.48. The lowest BCUT2D eigenvalue weighted by atomic mass is 10.2. The van der Waals surface area contributed by atoms with Gasteiger partial charge in [-0.3, -0.25) is 4.90 Å². The highest BCUT2D eigenvalue weighted by Gasteiger charge is 2.29. The van der Waals surface area contributed by atoms with Gasteiger partial charge in [-0.1, -0.05) is 0 Å². The summed E-state index contributed by atoms with van der Waals surface area (Å²) in [5.74, 6) is 0. The van der Waals surface area contributed by atoms with Crippen LogP contribution in [0.4, 0.5) is 0 Å². The van der Waals surface area contributed by atoms with Crippen molar-refractivity contribution in [1.82, 2.24) is 4.90 Å². The number of hydrogen-bond donors (Lipinski definition) is 1. The van der Waals surface area contributed by atoms with Gasteiger partial charge in [-0.15, -0.1) is 0 Å². The summed E-state index contributed by atoms with van der Waals surface area (Å²) in [7, 11) is 3.68. The Hall–Kier alpha value is -0.120. The van der Waals surface area contributed by atoms with Gasteiger partial charge >= 0.3 is 0 Å². The number of methoxy groups -OCH3 is 1. The van der Waals surface area contributed by atoms with Crippen molar-refractivity contribution in [2.75, 3.05) is 27.3 Å². The van der Waals surface area contributed by atoms with Gasteiger partial charge in [-0.25, -0.2) is 0 Å². The van der Waals surface area contributed by atoms with Crippen LogP contribution in [-0.2, 0) is 4.74 Å². The normalized spacial score (nSPS) is 35.1. The van der Waals surface area contributed by atoms with Gasteiger partial charge < -0.3 is 9.84 Å². The number of ether oxygens (including phenoxy) is 1. The summed E-state index contributed by atoms with van der Waals surface area (Å²) in [4.78, 5) is 2.13. The Labute approximate surface area is 61.6 Å². The minimum atomic E-state index is -0.190. The van der Waals surface area contributed by atoms with Crippen LogP contribution in [0.2, 0.25) is 0 Å². The fourth-order valence-electron chi connectivity index (χ4n) is 1.40. The minimum absolute atomic E-state index is 0.190. The number of rotatable bonds is 2. The van der Waals surface area contributed by atoms with Crippen molar-refractivity contribution in [3.8, 4) is 0 Å². The molecular weight excluding hydrogens is 130 g/mol. The first-order valence-corrected chi connectivity index (χ1v) is 3.63. The zero-order valence-electron chi connectivity index (χ0n) is 6.58. The molecule has 0 aliphatic carbocycles. The van der Waals surface area contributed by atoms with Gasteiger partial charge in [0.2, 0.25) is 0 Å². The topological polar surface area (TPSA) is 32.7 Å². The predicted octanol–water partition coefficient (Wildman–Crippen LogP) is -0.302. The first-order valence-electron chi connectivity index (χ1n) is 3.63. The summed E-state index contributed by atoms with van der Waals surface area (Å²) < 4.78 is 4.96. The van der Waals surface area contributed by atoms with E-state index in [1.54, 1.807) is 7.11 Å². The van der Waals surface area contributed by atoms with Gasteiger partial charge in [-0.05, 0) is 13.5 Å². The van der Waals surface area contributed by atoms with Crippen LogP contribution in [0.3, 0.4) is 0 Å². The lowest BCUT2D eigenvalue weighted by molar-refractivity contribution is 0.0602. The maximum Gasteiger partial charge on any atom is 0.0729 e. The number of aliphatic hydroxyl groups is 1. The molecule has 0 saturated carbocycles. The Morgan fingerprint density at radius 1 is 1.70 bits per heavy atom.